The Labute approximate surface area is 139 Å². The number of aromatic amines is 1. The highest BCUT2D eigenvalue weighted by atomic mass is 32.2. The molecular weight excluding hydrogens is 312 g/mol. The fraction of sp³-hybridized carbons (Fsp3) is 0.500. The number of nitrogens with zero attached hydrogens (tertiary/aromatic N) is 3. The number of aliphatic hydroxyl groups is 2. The Balaban J connectivity index is 1.75. The number of hydrogen-bond donors (Lipinski definition) is 3. The Morgan fingerprint density at radius 3 is 2.91 bits per heavy atom. The minimum atomic E-state index is -0.408. The van der Waals surface area contributed by atoms with E-state index in [2.05, 4.69) is 20.1 Å². The van der Waals surface area contributed by atoms with Gasteiger partial charge in [0.05, 0.1) is 18.2 Å². The van der Waals surface area contributed by atoms with Crippen LogP contribution in [0, 0.1) is 0 Å². The van der Waals surface area contributed by atoms with Crippen LogP contribution >= 0.6 is 11.8 Å². The number of aromatic nitrogens is 3. The number of nitrogens with one attached hydrogen (secondary N) is 1. The molecule has 1 aliphatic rings. The van der Waals surface area contributed by atoms with E-state index in [0.717, 1.165) is 11.4 Å². The predicted molar refractivity (Wildman–Crippen MR) is 91.1 cm³/mol. The number of H-pyrrole nitrogens is 1. The van der Waals surface area contributed by atoms with Crippen LogP contribution in [0.1, 0.15) is 18.3 Å². The Bertz CT molecular complexity index is 622. The van der Waals surface area contributed by atoms with E-state index in [4.69, 9.17) is 0 Å². The monoisotopic (exact) mass is 334 g/mol. The number of thioether (sulfide) groups is 1. The second-order valence-corrected chi connectivity index (χ2v) is 6.79. The van der Waals surface area contributed by atoms with E-state index < -0.39 is 12.2 Å². The Morgan fingerprint density at radius 2 is 2.17 bits per heavy atom. The third-order valence-corrected chi connectivity index (χ3v) is 4.75. The number of benzene rings is 1. The van der Waals surface area contributed by atoms with Gasteiger partial charge in [-0.1, -0.05) is 30.3 Å². The molecular formula is C16H22N4O2S. The second kappa shape index (κ2) is 7.44. The first-order chi connectivity index (χ1) is 11.2. The van der Waals surface area contributed by atoms with E-state index in [1.165, 1.54) is 0 Å². The summed E-state index contributed by atoms with van der Waals surface area (Å²) in [5.41, 5.74) is 0.961. The maximum Gasteiger partial charge on any atom is 0.181 e. The first-order valence-electron chi connectivity index (χ1n) is 7.74. The van der Waals surface area contributed by atoms with E-state index in [-0.39, 0.29) is 6.04 Å². The summed E-state index contributed by atoms with van der Waals surface area (Å²) in [7, 11) is 0. The molecule has 0 amide bonds. The zero-order valence-electron chi connectivity index (χ0n) is 13.1. The van der Waals surface area contributed by atoms with Crippen molar-refractivity contribution in [1.82, 2.24) is 20.1 Å². The first-order valence-corrected chi connectivity index (χ1v) is 9.13. The molecule has 0 spiro atoms. The van der Waals surface area contributed by atoms with Crippen LogP contribution < -0.4 is 0 Å². The van der Waals surface area contributed by atoms with Crippen molar-refractivity contribution in [1.29, 1.82) is 0 Å². The number of likely N-dealkylation sites (tertiary alicyclic amines) is 1. The SMILES string of the molecule is CSCC(O)CN1C[C@H](O)C[C@H]1c1nc(-c2ccccc2)n[nH]1. The summed E-state index contributed by atoms with van der Waals surface area (Å²) in [6.45, 7) is 1.08. The topological polar surface area (TPSA) is 85.3 Å². The maximum atomic E-state index is 10.1. The van der Waals surface area contributed by atoms with Crippen molar-refractivity contribution >= 4 is 11.8 Å². The van der Waals surface area contributed by atoms with Crippen molar-refractivity contribution in [2.75, 3.05) is 25.1 Å². The molecule has 0 radical (unpaired) electrons. The molecule has 7 heteroatoms. The highest BCUT2D eigenvalue weighted by Crippen LogP contribution is 2.31. The summed E-state index contributed by atoms with van der Waals surface area (Å²) < 4.78 is 0. The van der Waals surface area contributed by atoms with Gasteiger partial charge in [-0.25, -0.2) is 4.98 Å². The highest BCUT2D eigenvalue weighted by molar-refractivity contribution is 7.98. The van der Waals surface area contributed by atoms with Gasteiger partial charge in [0.15, 0.2) is 5.82 Å². The second-order valence-electron chi connectivity index (χ2n) is 5.88. The molecule has 2 aromatic rings. The maximum absolute atomic E-state index is 10.1. The summed E-state index contributed by atoms with van der Waals surface area (Å²) >= 11 is 1.62. The van der Waals surface area contributed by atoms with Crippen molar-refractivity contribution in [3.8, 4) is 11.4 Å². The summed E-state index contributed by atoms with van der Waals surface area (Å²) in [6.07, 6.45) is 1.78. The normalized spacial score (nSPS) is 23.3. The predicted octanol–water partition coefficient (Wildman–Crippen LogP) is 1.30. The Kier molecular flexibility index (Phi) is 5.32. The van der Waals surface area contributed by atoms with Gasteiger partial charge in [0.2, 0.25) is 0 Å². The zero-order chi connectivity index (χ0) is 16.2. The fourth-order valence-electron chi connectivity index (χ4n) is 3.02. The molecule has 23 heavy (non-hydrogen) atoms. The van der Waals surface area contributed by atoms with Gasteiger partial charge in [-0.3, -0.25) is 10.00 Å². The largest absolute Gasteiger partial charge is 0.392 e. The molecule has 1 saturated heterocycles. The van der Waals surface area contributed by atoms with Gasteiger partial charge in [0, 0.05) is 24.4 Å². The Morgan fingerprint density at radius 1 is 1.39 bits per heavy atom. The van der Waals surface area contributed by atoms with E-state index in [1.54, 1.807) is 11.8 Å². The molecule has 1 fully saturated rings. The van der Waals surface area contributed by atoms with Gasteiger partial charge in [0.25, 0.3) is 0 Å². The lowest BCUT2D eigenvalue weighted by molar-refractivity contribution is 0.111. The zero-order valence-corrected chi connectivity index (χ0v) is 13.9. The highest BCUT2D eigenvalue weighted by Gasteiger charge is 2.35. The lowest BCUT2D eigenvalue weighted by Crippen LogP contribution is -2.34. The van der Waals surface area contributed by atoms with Crippen molar-refractivity contribution in [3.05, 3.63) is 36.2 Å². The molecule has 6 nitrogen and oxygen atoms in total. The third kappa shape index (κ3) is 3.92. The van der Waals surface area contributed by atoms with Gasteiger partial charge in [-0.05, 0) is 12.7 Å². The van der Waals surface area contributed by atoms with Crippen LogP contribution in [-0.4, -0.2) is 67.6 Å². The molecule has 0 aliphatic carbocycles. The average molecular weight is 334 g/mol. The van der Waals surface area contributed by atoms with Crippen LogP contribution in [0.2, 0.25) is 0 Å². The lowest BCUT2D eigenvalue weighted by atomic mass is 10.2. The van der Waals surface area contributed by atoms with Gasteiger partial charge in [0.1, 0.15) is 5.82 Å². The van der Waals surface area contributed by atoms with Crippen LogP contribution in [0.5, 0.6) is 0 Å². The standard InChI is InChI=1S/C16H22N4O2S/c1-23-10-13(22)9-20-8-12(21)7-14(20)16-17-15(18-19-16)11-5-3-2-4-6-11/h2-6,12-14,21-22H,7-10H2,1H3,(H,17,18,19)/t12-,13?,14+/m1/s1. The molecule has 1 aromatic heterocycles. The summed E-state index contributed by atoms with van der Waals surface area (Å²) in [5, 5.41) is 27.4. The van der Waals surface area contributed by atoms with Crippen LogP contribution in [-0.2, 0) is 0 Å². The van der Waals surface area contributed by atoms with Gasteiger partial charge < -0.3 is 10.2 Å². The summed E-state index contributed by atoms with van der Waals surface area (Å²) in [6, 6.07) is 9.77. The molecule has 3 rings (SSSR count). The van der Waals surface area contributed by atoms with E-state index in [9.17, 15) is 10.2 Å². The van der Waals surface area contributed by atoms with E-state index >= 15 is 0 Å². The van der Waals surface area contributed by atoms with E-state index in [1.807, 2.05) is 36.6 Å². The minimum Gasteiger partial charge on any atom is -0.392 e. The van der Waals surface area contributed by atoms with Crippen LogP contribution in [0.15, 0.2) is 30.3 Å². The molecule has 3 N–H and O–H groups in total. The van der Waals surface area contributed by atoms with Gasteiger partial charge in [-0.2, -0.15) is 16.9 Å². The molecule has 3 atom stereocenters. The number of rotatable bonds is 6. The van der Waals surface area contributed by atoms with Gasteiger partial charge in [-0.15, -0.1) is 0 Å². The molecule has 124 valence electrons. The minimum absolute atomic E-state index is 0.0357. The van der Waals surface area contributed by atoms with Crippen molar-refractivity contribution in [2.45, 2.75) is 24.7 Å². The molecule has 2 heterocycles. The van der Waals surface area contributed by atoms with Gasteiger partial charge >= 0.3 is 0 Å². The van der Waals surface area contributed by atoms with Crippen LogP contribution in [0.25, 0.3) is 11.4 Å². The summed E-state index contributed by atoms with van der Waals surface area (Å²) in [5.74, 6) is 2.09. The van der Waals surface area contributed by atoms with E-state index in [0.29, 0.717) is 31.1 Å². The lowest BCUT2D eigenvalue weighted by Gasteiger charge is -2.24. The van der Waals surface area contributed by atoms with Crippen molar-refractivity contribution < 1.29 is 10.2 Å². The smallest absolute Gasteiger partial charge is 0.181 e. The summed E-state index contributed by atoms with van der Waals surface area (Å²) in [4.78, 5) is 6.68. The molecule has 1 unspecified atom stereocenters. The molecule has 0 saturated carbocycles. The fourth-order valence-corrected chi connectivity index (χ4v) is 3.51. The average Bonchev–Trinajstić information content (AvgIpc) is 3.15. The molecule has 1 aliphatic heterocycles. The van der Waals surface area contributed by atoms with Crippen LogP contribution in [0.3, 0.4) is 0 Å². The van der Waals surface area contributed by atoms with Crippen molar-refractivity contribution in [2.24, 2.45) is 0 Å². The molecule has 1 aromatic carbocycles. The van der Waals surface area contributed by atoms with Crippen molar-refractivity contribution in [3.63, 3.8) is 0 Å². The number of β-amino-alcohol motifs (C(OH)–C–C–N with tert-alkyl or cyclic N) is 2. The third-order valence-electron chi connectivity index (χ3n) is 4.04. The number of aliphatic hydroxyl groups excluding tert-OH is 2. The quantitative estimate of drug-likeness (QED) is 0.738. The number of hydrogen-bond acceptors (Lipinski definition) is 6. The Hall–Kier alpha value is -1.41. The van der Waals surface area contributed by atoms with Crippen LogP contribution in [0.4, 0.5) is 0 Å². The molecule has 0 bridgehead atoms. The first kappa shape index (κ1) is 16.4.